The Kier molecular flexibility index (Phi) is 2.50. The molecule has 4 rings (SSSR count). The Hall–Kier alpha value is -1.57. The SMILES string of the molecule is C=C[C@]1([C@@H](C)C2=C[CH]2)C(=O)N2C(C)=C(CC3=C[CH]3)[C@H](C)[C@@H]21. The van der Waals surface area contributed by atoms with Gasteiger partial charge in [-0.05, 0) is 24.8 Å². The predicted molar refractivity (Wildman–Crippen MR) is 83.7 cm³/mol. The first-order chi connectivity index (χ1) is 10.0. The van der Waals surface area contributed by atoms with Crippen molar-refractivity contribution in [3.05, 3.63) is 60.1 Å². The van der Waals surface area contributed by atoms with Crippen molar-refractivity contribution in [3.8, 4) is 0 Å². The molecule has 2 heterocycles. The van der Waals surface area contributed by atoms with Crippen LogP contribution in [0.15, 0.2) is 47.2 Å². The first-order valence-corrected chi connectivity index (χ1v) is 7.78. The highest BCUT2D eigenvalue weighted by atomic mass is 16.2. The number of carbonyl (C=O) groups excluding carboxylic acids is 1. The lowest BCUT2D eigenvalue weighted by molar-refractivity contribution is -0.165. The van der Waals surface area contributed by atoms with Gasteiger partial charge >= 0.3 is 0 Å². The van der Waals surface area contributed by atoms with Crippen LogP contribution in [0.4, 0.5) is 0 Å². The number of allylic oxidation sites excluding steroid dienone is 5. The highest BCUT2D eigenvalue weighted by Gasteiger charge is 2.67. The third kappa shape index (κ3) is 1.51. The van der Waals surface area contributed by atoms with Gasteiger partial charge in [-0.15, -0.1) is 6.58 Å². The van der Waals surface area contributed by atoms with Crippen LogP contribution in [0.25, 0.3) is 0 Å². The predicted octanol–water partition coefficient (Wildman–Crippen LogP) is 3.61. The van der Waals surface area contributed by atoms with Gasteiger partial charge in [0.05, 0.1) is 11.5 Å². The van der Waals surface area contributed by atoms with E-state index in [9.17, 15) is 4.79 Å². The highest BCUT2D eigenvalue weighted by Crippen LogP contribution is 2.60. The Balaban J connectivity index is 1.70. The normalized spacial score (nSPS) is 37.7. The van der Waals surface area contributed by atoms with Gasteiger partial charge in [-0.1, -0.05) is 43.2 Å². The van der Waals surface area contributed by atoms with E-state index in [4.69, 9.17) is 0 Å². The fourth-order valence-electron chi connectivity index (χ4n) is 4.41. The third-order valence-electron chi connectivity index (χ3n) is 5.92. The van der Waals surface area contributed by atoms with Gasteiger partial charge in [0.2, 0.25) is 5.91 Å². The highest BCUT2D eigenvalue weighted by molar-refractivity contribution is 5.96. The molecule has 2 aliphatic carbocycles. The Morgan fingerprint density at radius 3 is 2.62 bits per heavy atom. The van der Waals surface area contributed by atoms with E-state index in [1.807, 2.05) is 11.0 Å². The van der Waals surface area contributed by atoms with Crippen LogP contribution in [0, 0.1) is 30.1 Å². The van der Waals surface area contributed by atoms with E-state index in [0.717, 1.165) is 6.42 Å². The Morgan fingerprint density at radius 2 is 2.10 bits per heavy atom. The molecule has 2 heteroatoms. The number of carbonyl (C=O) groups is 1. The minimum absolute atomic E-state index is 0.240. The third-order valence-corrected chi connectivity index (χ3v) is 5.92. The molecule has 4 aliphatic rings. The zero-order valence-corrected chi connectivity index (χ0v) is 12.9. The molecule has 0 aromatic carbocycles. The number of rotatable bonds is 5. The number of hydrogen-bond donors (Lipinski definition) is 0. The van der Waals surface area contributed by atoms with Crippen LogP contribution in [0.5, 0.6) is 0 Å². The van der Waals surface area contributed by atoms with Crippen molar-refractivity contribution < 1.29 is 4.79 Å². The molecular weight excluding hydrogens is 258 g/mol. The molecule has 4 atom stereocenters. The van der Waals surface area contributed by atoms with E-state index in [1.54, 1.807) is 0 Å². The van der Waals surface area contributed by atoms with Crippen LogP contribution in [0.3, 0.4) is 0 Å². The molecule has 1 fully saturated rings. The van der Waals surface area contributed by atoms with Gasteiger partial charge in [0, 0.05) is 24.5 Å². The minimum atomic E-state index is -0.414. The van der Waals surface area contributed by atoms with Gasteiger partial charge in [0.1, 0.15) is 0 Å². The van der Waals surface area contributed by atoms with E-state index in [0.29, 0.717) is 5.92 Å². The molecule has 21 heavy (non-hydrogen) atoms. The molecule has 0 N–H and O–H groups in total. The lowest BCUT2D eigenvalue weighted by Crippen LogP contribution is -2.69. The largest absolute Gasteiger partial charge is 0.311 e. The maximum absolute atomic E-state index is 12.9. The average molecular weight is 279 g/mol. The van der Waals surface area contributed by atoms with Crippen LogP contribution < -0.4 is 0 Å². The zero-order chi connectivity index (χ0) is 14.9. The van der Waals surface area contributed by atoms with Crippen molar-refractivity contribution in [3.63, 3.8) is 0 Å². The van der Waals surface area contributed by atoms with Crippen LogP contribution >= 0.6 is 0 Å². The topological polar surface area (TPSA) is 20.3 Å². The average Bonchev–Trinajstić information content (AvgIpc) is 3.35. The monoisotopic (exact) mass is 279 g/mol. The van der Waals surface area contributed by atoms with E-state index < -0.39 is 5.41 Å². The molecule has 0 aromatic rings. The molecule has 0 bridgehead atoms. The molecule has 2 aliphatic heterocycles. The summed E-state index contributed by atoms with van der Waals surface area (Å²) >= 11 is 0. The van der Waals surface area contributed by atoms with Gasteiger partial charge in [-0.3, -0.25) is 4.79 Å². The Labute approximate surface area is 126 Å². The van der Waals surface area contributed by atoms with Crippen molar-refractivity contribution in [2.24, 2.45) is 17.3 Å². The first kappa shape index (κ1) is 13.1. The van der Waals surface area contributed by atoms with Gasteiger partial charge in [-0.2, -0.15) is 0 Å². The second kappa shape index (κ2) is 4.00. The summed E-state index contributed by atoms with van der Waals surface area (Å²) in [7, 11) is 0. The van der Waals surface area contributed by atoms with Crippen LogP contribution in [0.1, 0.15) is 27.2 Å². The van der Waals surface area contributed by atoms with Crippen molar-refractivity contribution in [1.82, 2.24) is 4.90 Å². The molecule has 108 valence electrons. The van der Waals surface area contributed by atoms with Crippen LogP contribution in [-0.4, -0.2) is 16.8 Å². The second-order valence-electron chi connectivity index (χ2n) is 6.80. The van der Waals surface area contributed by atoms with Crippen molar-refractivity contribution >= 4 is 5.91 Å². The first-order valence-electron chi connectivity index (χ1n) is 7.78. The standard InChI is InChI=1S/C19H21NO/c1-5-19(12(3)15-8-9-15)17-11(2)16(10-14-6-7-14)13(4)20(17)18(19)21/h5-9,11-12,17H,1,10H2,2-4H3/t11-,12-,17+,19+/m0/s1. The lowest BCUT2D eigenvalue weighted by atomic mass is 9.59. The summed E-state index contributed by atoms with van der Waals surface area (Å²) in [5, 5.41) is 0. The zero-order valence-electron chi connectivity index (χ0n) is 12.9. The molecule has 1 saturated heterocycles. The summed E-state index contributed by atoms with van der Waals surface area (Å²) in [6.07, 6.45) is 11.5. The summed E-state index contributed by atoms with van der Waals surface area (Å²) in [4.78, 5) is 15.0. The summed E-state index contributed by atoms with van der Waals surface area (Å²) in [6.45, 7) is 10.6. The van der Waals surface area contributed by atoms with Crippen molar-refractivity contribution in [1.29, 1.82) is 0 Å². The summed E-state index contributed by atoms with van der Waals surface area (Å²) in [5.74, 6) is 0.895. The molecule has 0 aromatic heterocycles. The summed E-state index contributed by atoms with van der Waals surface area (Å²) in [5.41, 5.74) is 4.90. The fraction of sp³-hybridized carbons (Fsp3) is 0.421. The quantitative estimate of drug-likeness (QED) is 0.556. The van der Waals surface area contributed by atoms with Gasteiger partial charge in [-0.25, -0.2) is 0 Å². The Morgan fingerprint density at radius 1 is 1.43 bits per heavy atom. The molecular formula is C19H21NO. The van der Waals surface area contributed by atoms with Crippen LogP contribution in [-0.2, 0) is 4.79 Å². The maximum atomic E-state index is 12.9. The van der Waals surface area contributed by atoms with Gasteiger partial charge < -0.3 is 4.90 Å². The van der Waals surface area contributed by atoms with Gasteiger partial charge in [0.15, 0.2) is 0 Å². The molecule has 0 spiro atoms. The number of β-lactam (4-membered cyclic amide) rings is 1. The van der Waals surface area contributed by atoms with Crippen molar-refractivity contribution in [2.45, 2.75) is 33.2 Å². The number of fused-ring (bicyclic) bond motifs is 1. The molecule has 0 unspecified atom stereocenters. The summed E-state index contributed by atoms with van der Waals surface area (Å²) < 4.78 is 0. The fourth-order valence-corrected chi connectivity index (χ4v) is 4.41. The molecule has 1 amide bonds. The molecule has 0 saturated carbocycles. The second-order valence-corrected chi connectivity index (χ2v) is 6.80. The molecule has 2 radical (unpaired) electrons. The molecule has 2 nitrogen and oxygen atoms in total. The Bertz CT molecular complexity index is 650. The minimum Gasteiger partial charge on any atom is -0.311 e. The lowest BCUT2D eigenvalue weighted by Gasteiger charge is -2.56. The van der Waals surface area contributed by atoms with E-state index in [1.165, 1.54) is 22.4 Å². The number of nitrogens with zero attached hydrogens (tertiary/aromatic N) is 1. The van der Waals surface area contributed by atoms with Gasteiger partial charge in [0.25, 0.3) is 0 Å². The number of hydrogen-bond acceptors (Lipinski definition) is 1. The van der Waals surface area contributed by atoms with E-state index in [2.05, 4.69) is 52.3 Å². The maximum Gasteiger partial charge on any atom is 0.239 e. The van der Waals surface area contributed by atoms with E-state index >= 15 is 0 Å². The smallest absolute Gasteiger partial charge is 0.239 e. The number of amides is 1. The summed E-state index contributed by atoms with van der Waals surface area (Å²) in [6, 6.07) is 0.252. The van der Waals surface area contributed by atoms with Crippen LogP contribution in [0.2, 0.25) is 0 Å². The van der Waals surface area contributed by atoms with E-state index in [-0.39, 0.29) is 17.9 Å². The van der Waals surface area contributed by atoms with Crippen molar-refractivity contribution in [2.75, 3.05) is 0 Å².